The maximum atomic E-state index is 13.0. The number of hydrogen-bond acceptors (Lipinski definition) is 2. The summed E-state index contributed by atoms with van der Waals surface area (Å²) in [6.07, 6.45) is 2.61. The number of fused-ring (bicyclic) bond motifs is 1. The molecule has 146 valence electrons. The third-order valence-corrected chi connectivity index (χ3v) is 5.07. The Kier molecular flexibility index (Phi) is 6.19. The monoisotopic (exact) mass is 376 g/mol. The molecule has 0 bridgehead atoms. The van der Waals surface area contributed by atoms with E-state index >= 15 is 0 Å². The fourth-order valence-corrected chi connectivity index (χ4v) is 3.25. The molecule has 0 aliphatic rings. The molecule has 0 fully saturated rings. The topological polar surface area (TPSA) is 43.3 Å². The summed E-state index contributed by atoms with van der Waals surface area (Å²) in [7, 11) is 0. The van der Waals surface area contributed by atoms with E-state index in [1.54, 1.807) is 6.08 Å². The van der Waals surface area contributed by atoms with Crippen LogP contribution in [0.5, 0.6) is 5.75 Å². The summed E-state index contributed by atoms with van der Waals surface area (Å²) in [4.78, 5) is 13.0. The molecule has 1 unspecified atom stereocenters. The van der Waals surface area contributed by atoms with Crippen LogP contribution in [0.3, 0.4) is 0 Å². The van der Waals surface area contributed by atoms with Crippen molar-refractivity contribution in [3.63, 3.8) is 0 Å². The van der Waals surface area contributed by atoms with E-state index < -0.39 is 0 Å². The molecule has 3 aromatic rings. The molecule has 0 radical (unpaired) electrons. The van der Waals surface area contributed by atoms with Crippen LogP contribution >= 0.6 is 0 Å². The van der Waals surface area contributed by atoms with Crippen LogP contribution in [0.1, 0.15) is 41.9 Å². The van der Waals surface area contributed by atoms with E-state index in [0.29, 0.717) is 18.8 Å². The second-order valence-corrected chi connectivity index (χ2v) is 7.11. The molecule has 1 heterocycles. The van der Waals surface area contributed by atoms with E-state index in [-0.39, 0.29) is 11.9 Å². The highest BCUT2D eigenvalue weighted by atomic mass is 16.5. The molecular weight excluding hydrogens is 348 g/mol. The zero-order valence-corrected chi connectivity index (χ0v) is 16.9. The summed E-state index contributed by atoms with van der Waals surface area (Å²) in [6.45, 7) is 11.0. The lowest BCUT2D eigenvalue weighted by Gasteiger charge is -2.15. The molecule has 4 heteroatoms. The Morgan fingerprint density at radius 2 is 2.04 bits per heavy atom. The zero-order valence-electron chi connectivity index (χ0n) is 16.9. The average molecular weight is 377 g/mol. The van der Waals surface area contributed by atoms with Gasteiger partial charge >= 0.3 is 0 Å². The molecule has 1 atom stereocenters. The number of amides is 1. The summed E-state index contributed by atoms with van der Waals surface area (Å²) >= 11 is 0. The fraction of sp³-hybridized carbons (Fsp3) is 0.292. The number of aryl methyl sites for hydroxylation is 1. The first-order chi connectivity index (χ1) is 13.5. The Balaban J connectivity index is 2.11. The molecule has 0 spiro atoms. The van der Waals surface area contributed by atoms with Gasteiger partial charge in [-0.1, -0.05) is 49.9 Å². The van der Waals surface area contributed by atoms with Crippen LogP contribution in [0.25, 0.3) is 10.9 Å². The molecule has 4 nitrogen and oxygen atoms in total. The first kappa shape index (κ1) is 19.7. The summed E-state index contributed by atoms with van der Waals surface area (Å²) in [5.41, 5.74) is 4.03. The van der Waals surface area contributed by atoms with E-state index in [1.807, 2.05) is 43.3 Å². The summed E-state index contributed by atoms with van der Waals surface area (Å²) in [5.74, 6) is 0.701. The lowest BCUT2D eigenvalue weighted by Crippen LogP contribution is -2.33. The minimum absolute atomic E-state index is 0.0613. The first-order valence-corrected chi connectivity index (χ1v) is 9.76. The van der Waals surface area contributed by atoms with Crippen molar-refractivity contribution in [2.75, 3.05) is 6.61 Å². The lowest BCUT2D eigenvalue weighted by atomic mass is 10.1. The molecule has 2 aromatic carbocycles. The van der Waals surface area contributed by atoms with Gasteiger partial charge in [-0.15, -0.1) is 0 Å². The van der Waals surface area contributed by atoms with Crippen molar-refractivity contribution in [1.82, 2.24) is 9.88 Å². The van der Waals surface area contributed by atoms with E-state index in [9.17, 15) is 4.79 Å². The SMILES string of the molecule is C=CCOc1cccc2c1cc(C(=O)NC(C)CC)n2Cc1ccccc1C. The van der Waals surface area contributed by atoms with Crippen LogP contribution in [0, 0.1) is 6.92 Å². The molecule has 0 saturated carbocycles. The molecule has 1 aromatic heterocycles. The van der Waals surface area contributed by atoms with Gasteiger partial charge in [0, 0.05) is 18.0 Å². The third kappa shape index (κ3) is 4.11. The second-order valence-electron chi connectivity index (χ2n) is 7.11. The van der Waals surface area contributed by atoms with Crippen LogP contribution < -0.4 is 10.1 Å². The molecule has 28 heavy (non-hydrogen) atoms. The van der Waals surface area contributed by atoms with Gasteiger partial charge in [-0.2, -0.15) is 0 Å². The first-order valence-electron chi connectivity index (χ1n) is 9.76. The zero-order chi connectivity index (χ0) is 20.1. The Morgan fingerprint density at radius 3 is 2.75 bits per heavy atom. The fourth-order valence-electron chi connectivity index (χ4n) is 3.25. The van der Waals surface area contributed by atoms with Crippen molar-refractivity contribution in [1.29, 1.82) is 0 Å². The van der Waals surface area contributed by atoms with E-state index in [0.717, 1.165) is 23.1 Å². The predicted molar refractivity (Wildman–Crippen MR) is 115 cm³/mol. The van der Waals surface area contributed by atoms with Gasteiger partial charge in [0.05, 0.1) is 5.52 Å². The van der Waals surface area contributed by atoms with E-state index in [2.05, 4.69) is 42.4 Å². The number of ether oxygens (including phenoxy) is 1. The summed E-state index contributed by atoms with van der Waals surface area (Å²) < 4.78 is 7.91. The van der Waals surface area contributed by atoms with E-state index in [1.165, 1.54) is 11.1 Å². The second kappa shape index (κ2) is 8.79. The van der Waals surface area contributed by atoms with Crippen molar-refractivity contribution in [2.45, 2.75) is 39.8 Å². The van der Waals surface area contributed by atoms with E-state index in [4.69, 9.17) is 4.74 Å². The summed E-state index contributed by atoms with van der Waals surface area (Å²) in [5, 5.41) is 4.03. The third-order valence-electron chi connectivity index (χ3n) is 5.07. The highest BCUT2D eigenvalue weighted by molar-refractivity contribution is 6.00. The molecule has 0 saturated heterocycles. The lowest BCUT2D eigenvalue weighted by molar-refractivity contribution is 0.0931. The maximum absolute atomic E-state index is 13.0. The number of rotatable bonds is 8. The van der Waals surface area contributed by atoms with Gasteiger partial charge in [0.1, 0.15) is 18.1 Å². The maximum Gasteiger partial charge on any atom is 0.268 e. The molecule has 0 aliphatic heterocycles. The molecule has 0 aliphatic carbocycles. The number of hydrogen-bond donors (Lipinski definition) is 1. The number of benzene rings is 2. The predicted octanol–water partition coefficient (Wildman–Crippen LogP) is 5.09. The smallest absolute Gasteiger partial charge is 0.268 e. The van der Waals surface area contributed by atoms with Crippen molar-refractivity contribution < 1.29 is 9.53 Å². The van der Waals surface area contributed by atoms with Gasteiger partial charge in [-0.3, -0.25) is 4.79 Å². The largest absolute Gasteiger partial charge is 0.489 e. The normalized spacial score (nSPS) is 12.0. The van der Waals surface area contributed by atoms with Crippen LogP contribution in [0.2, 0.25) is 0 Å². The van der Waals surface area contributed by atoms with Crippen molar-refractivity contribution in [3.05, 3.63) is 78.0 Å². The van der Waals surface area contributed by atoms with Crippen molar-refractivity contribution >= 4 is 16.8 Å². The highest BCUT2D eigenvalue weighted by Crippen LogP contribution is 2.30. The molecule has 1 amide bonds. The quantitative estimate of drug-likeness (QED) is 0.556. The Morgan fingerprint density at radius 1 is 1.25 bits per heavy atom. The van der Waals surface area contributed by atoms with Gasteiger partial charge in [-0.25, -0.2) is 0 Å². The van der Waals surface area contributed by atoms with Gasteiger partial charge in [-0.05, 0) is 49.6 Å². The van der Waals surface area contributed by atoms with Gasteiger partial charge in [0.15, 0.2) is 0 Å². The molecule has 3 rings (SSSR count). The average Bonchev–Trinajstić information content (AvgIpc) is 3.07. The Hall–Kier alpha value is -3.01. The van der Waals surface area contributed by atoms with Crippen molar-refractivity contribution in [3.8, 4) is 5.75 Å². The summed E-state index contributed by atoms with van der Waals surface area (Å²) in [6, 6.07) is 16.3. The van der Waals surface area contributed by atoms with Crippen LogP contribution in [-0.2, 0) is 6.54 Å². The number of nitrogens with one attached hydrogen (secondary N) is 1. The molecule has 1 N–H and O–H groups in total. The highest BCUT2D eigenvalue weighted by Gasteiger charge is 2.19. The Bertz CT molecular complexity index is 987. The van der Waals surface area contributed by atoms with Crippen LogP contribution in [0.4, 0.5) is 0 Å². The number of carbonyl (C=O) groups excluding carboxylic acids is 1. The minimum Gasteiger partial charge on any atom is -0.489 e. The molecular formula is C24H28N2O2. The number of nitrogens with zero attached hydrogens (tertiary/aromatic N) is 1. The van der Waals surface area contributed by atoms with Gasteiger partial charge in [0.25, 0.3) is 5.91 Å². The van der Waals surface area contributed by atoms with Crippen LogP contribution in [0.15, 0.2) is 61.2 Å². The van der Waals surface area contributed by atoms with Crippen LogP contribution in [-0.4, -0.2) is 23.1 Å². The number of aromatic nitrogens is 1. The Labute approximate surface area is 166 Å². The van der Waals surface area contributed by atoms with Gasteiger partial charge < -0.3 is 14.6 Å². The minimum atomic E-state index is -0.0613. The van der Waals surface area contributed by atoms with Gasteiger partial charge in [0.2, 0.25) is 0 Å². The number of carbonyl (C=O) groups is 1. The standard InChI is InChI=1S/C24H28N2O2/c1-5-14-28-23-13-9-12-21-20(23)15-22(24(27)25-18(4)6-2)26(21)16-19-11-8-7-10-17(19)3/h5,7-13,15,18H,1,6,14,16H2,2-4H3,(H,25,27). The van der Waals surface area contributed by atoms with Crippen molar-refractivity contribution in [2.24, 2.45) is 0 Å².